The molecule has 4 heteroatoms. The summed E-state index contributed by atoms with van der Waals surface area (Å²) < 4.78 is 15.6. The Morgan fingerprint density at radius 1 is 0.393 bits per heavy atom. The molecule has 0 atom stereocenters. The molecule has 3 aromatic heterocycles. The Bertz CT molecular complexity index is 3500. The number of hydrogen-bond acceptors (Lipinski definition) is 4. The summed E-state index contributed by atoms with van der Waals surface area (Å²) in [5.41, 5.74) is 11.3. The summed E-state index contributed by atoms with van der Waals surface area (Å²) in [4.78, 5) is 2.43. The Morgan fingerprint density at radius 2 is 1.04 bits per heavy atom. The molecule has 3 nitrogen and oxygen atoms in total. The summed E-state index contributed by atoms with van der Waals surface area (Å²) in [5, 5.41) is 9.41. The van der Waals surface area contributed by atoms with Crippen molar-refractivity contribution >= 4 is 103 Å². The van der Waals surface area contributed by atoms with Gasteiger partial charge in [-0.25, -0.2) is 0 Å². The third-order valence-electron chi connectivity index (χ3n) is 11.3. The minimum absolute atomic E-state index is 0.890. The first-order chi connectivity index (χ1) is 27.8. The molecule has 0 N–H and O–H groups in total. The Kier molecular flexibility index (Phi) is 6.80. The number of para-hydroxylation sites is 3. The second kappa shape index (κ2) is 12.2. The van der Waals surface area contributed by atoms with Gasteiger partial charge in [0.15, 0.2) is 0 Å². The van der Waals surface area contributed by atoms with Gasteiger partial charge in [0.1, 0.15) is 22.3 Å². The number of fused-ring (bicyclic) bond motifs is 10. The molecule has 0 aliphatic carbocycles. The normalized spacial score (nSPS) is 11.9. The highest BCUT2D eigenvalue weighted by Crippen LogP contribution is 2.49. The van der Waals surface area contributed by atoms with Gasteiger partial charge >= 0.3 is 0 Å². The molecule has 9 aromatic carbocycles. The topological polar surface area (TPSA) is 29.5 Å². The van der Waals surface area contributed by atoms with E-state index >= 15 is 0 Å². The third-order valence-corrected chi connectivity index (χ3v) is 12.5. The molecule has 0 saturated carbocycles. The van der Waals surface area contributed by atoms with Crippen LogP contribution in [0.3, 0.4) is 0 Å². The van der Waals surface area contributed by atoms with E-state index in [1.807, 2.05) is 23.5 Å². The van der Waals surface area contributed by atoms with Gasteiger partial charge in [0.2, 0.25) is 0 Å². The van der Waals surface area contributed by atoms with Crippen LogP contribution in [-0.2, 0) is 0 Å². The smallest absolute Gasteiger partial charge is 0.143 e. The molecule has 0 radical (unpaired) electrons. The van der Waals surface area contributed by atoms with Gasteiger partial charge in [-0.2, -0.15) is 0 Å². The molecule has 0 aliphatic rings. The minimum Gasteiger partial charge on any atom is -0.456 e. The highest BCUT2D eigenvalue weighted by atomic mass is 32.1. The average molecular weight is 734 g/mol. The maximum atomic E-state index is 6.80. The molecule has 3 heterocycles. The SMILES string of the molecule is c1ccc(N(c2ccc(-c3cccc4oc5ccccc5c34)cc2)c2cccc3c2sc2ccccc23)c(-c2cccc3c2oc2cc4ccccc4cc23)c1. The van der Waals surface area contributed by atoms with Crippen molar-refractivity contribution in [3.05, 3.63) is 188 Å². The average Bonchev–Trinajstić information content (AvgIpc) is 3.95. The van der Waals surface area contributed by atoms with Crippen LogP contribution >= 0.6 is 11.3 Å². The summed E-state index contributed by atoms with van der Waals surface area (Å²) in [5.74, 6) is 0. The lowest BCUT2D eigenvalue weighted by atomic mass is 9.97. The number of anilines is 3. The molecule has 0 aliphatic heterocycles. The van der Waals surface area contributed by atoms with Gasteiger partial charge < -0.3 is 13.7 Å². The van der Waals surface area contributed by atoms with Gasteiger partial charge in [-0.3, -0.25) is 0 Å². The largest absolute Gasteiger partial charge is 0.456 e. The van der Waals surface area contributed by atoms with E-state index in [4.69, 9.17) is 8.83 Å². The number of benzene rings is 9. The summed E-state index contributed by atoms with van der Waals surface area (Å²) >= 11 is 1.85. The van der Waals surface area contributed by atoms with Crippen LogP contribution in [-0.4, -0.2) is 0 Å². The van der Waals surface area contributed by atoms with Gasteiger partial charge in [-0.05, 0) is 76.5 Å². The van der Waals surface area contributed by atoms with E-state index < -0.39 is 0 Å². The number of rotatable bonds is 5. The van der Waals surface area contributed by atoms with Crippen LogP contribution in [0.5, 0.6) is 0 Å². The molecule has 0 saturated heterocycles. The standard InChI is InChI=1S/C52H31NO2S/c1-2-13-34-31-48-43(30-33(34)12-1)40-19-9-18-39(51(40)55-48)37-14-3-6-21-44(37)53(45-22-10-20-41-38-15-5-8-25-49(38)56-52(41)45)35-28-26-32(27-29-35)36-17-11-24-47-50(36)42-16-4-7-23-46(42)54-47/h1-31H. The minimum atomic E-state index is 0.890. The van der Waals surface area contributed by atoms with E-state index in [1.165, 1.54) is 30.9 Å². The predicted octanol–water partition coefficient (Wildman–Crippen LogP) is 15.8. The van der Waals surface area contributed by atoms with Gasteiger partial charge in [0.25, 0.3) is 0 Å². The molecule has 0 bridgehead atoms. The lowest BCUT2D eigenvalue weighted by molar-refractivity contribution is 0.669. The molecule has 0 fully saturated rings. The van der Waals surface area contributed by atoms with E-state index in [1.54, 1.807) is 0 Å². The fourth-order valence-electron chi connectivity index (χ4n) is 8.71. The first-order valence-corrected chi connectivity index (χ1v) is 19.7. The highest BCUT2D eigenvalue weighted by Gasteiger charge is 2.23. The highest BCUT2D eigenvalue weighted by molar-refractivity contribution is 7.26. The summed E-state index contributed by atoms with van der Waals surface area (Å²) in [6.07, 6.45) is 0. The van der Waals surface area contributed by atoms with E-state index in [0.29, 0.717) is 0 Å². The molecule has 262 valence electrons. The quantitative estimate of drug-likeness (QED) is 0.176. The van der Waals surface area contributed by atoms with Crippen molar-refractivity contribution in [3.63, 3.8) is 0 Å². The molecule has 0 unspecified atom stereocenters. The first kappa shape index (κ1) is 31.2. The summed E-state index contributed by atoms with van der Waals surface area (Å²) in [7, 11) is 0. The van der Waals surface area contributed by atoms with Crippen molar-refractivity contribution in [3.8, 4) is 22.3 Å². The summed E-state index contributed by atoms with van der Waals surface area (Å²) in [6.45, 7) is 0. The Morgan fingerprint density at radius 3 is 1.95 bits per heavy atom. The fourth-order valence-corrected chi connectivity index (χ4v) is 9.92. The molecule has 0 amide bonds. The van der Waals surface area contributed by atoms with Gasteiger partial charge in [-0.15, -0.1) is 11.3 Å². The second-order valence-electron chi connectivity index (χ2n) is 14.4. The van der Waals surface area contributed by atoms with Crippen molar-refractivity contribution in [1.29, 1.82) is 0 Å². The Labute approximate surface area is 325 Å². The predicted molar refractivity (Wildman–Crippen MR) is 237 cm³/mol. The second-order valence-corrected chi connectivity index (χ2v) is 15.5. The van der Waals surface area contributed by atoms with E-state index in [0.717, 1.165) is 83.2 Å². The third kappa shape index (κ3) is 4.70. The van der Waals surface area contributed by atoms with Crippen molar-refractivity contribution in [1.82, 2.24) is 0 Å². The monoisotopic (exact) mass is 733 g/mol. The zero-order chi connectivity index (χ0) is 36.7. The molecule has 12 aromatic rings. The van der Waals surface area contributed by atoms with Crippen LogP contribution in [0.15, 0.2) is 197 Å². The lowest BCUT2D eigenvalue weighted by Gasteiger charge is -2.28. The van der Waals surface area contributed by atoms with Gasteiger partial charge in [0, 0.05) is 53.8 Å². The Hall–Kier alpha value is -7.14. The van der Waals surface area contributed by atoms with Gasteiger partial charge in [0.05, 0.1) is 16.1 Å². The number of hydrogen-bond donors (Lipinski definition) is 0. The lowest BCUT2D eigenvalue weighted by Crippen LogP contribution is -2.11. The van der Waals surface area contributed by atoms with E-state index in [2.05, 4.69) is 181 Å². The molecule has 0 spiro atoms. The van der Waals surface area contributed by atoms with Crippen LogP contribution in [0.1, 0.15) is 0 Å². The Balaban J connectivity index is 1.08. The number of nitrogens with zero attached hydrogens (tertiary/aromatic N) is 1. The zero-order valence-corrected chi connectivity index (χ0v) is 30.9. The molecule has 56 heavy (non-hydrogen) atoms. The van der Waals surface area contributed by atoms with E-state index in [-0.39, 0.29) is 0 Å². The molecule has 12 rings (SSSR count). The number of thiophene rings is 1. The van der Waals surface area contributed by atoms with Crippen LogP contribution in [0, 0.1) is 0 Å². The van der Waals surface area contributed by atoms with Crippen LogP contribution in [0.25, 0.3) is 97.1 Å². The van der Waals surface area contributed by atoms with Crippen molar-refractivity contribution in [2.75, 3.05) is 4.90 Å². The zero-order valence-electron chi connectivity index (χ0n) is 30.1. The maximum absolute atomic E-state index is 6.80. The van der Waals surface area contributed by atoms with Crippen molar-refractivity contribution < 1.29 is 8.83 Å². The maximum Gasteiger partial charge on any atom is 0.143 e. The fraction of sp³-hybridized carbons (Fsp3) is 0. The molecular formula is C52H31NO2S. The van der Waals surface area contributed by atoms with E-state index in [9.17, 15) is 0 Å². The van der Waals surface area contributed by atoms with Crippen molar-refractivity contribution in [2.45, 2.75) is 0 Å². The van der Waals surface area contributed by atoms with Crippen LogP contribution in [0.4, 0.5) is 17.1 Å². The molecular weight excluding hydrogens is 703 g/mol. The van der Waals surface area contributed by atoms with Crippen molar-refractivity contribution in [2.24, 2.45) is 0 Å². The van der Waals surface area contributed by atoms with Gasteiger partial charge in [-0.1, -0.05) is 133 Å². The number of furan rings is 2. The van der Waals surface area contributed by atoms with Crippen LogP contribution in [0.2, 0.25) is 0 Å². The summed E-state index contributed by atoms with van der Waals surface area (Å²) in [6, 6.07) is 67.2. The first-order valence-electron chi connectivity index (χ1n) is 18.9. The van der Waals surface area contributed by atoms with Crippen LogP contribution < -0.4 is 4.90 Å².